The molecule has 2 rings (SSSR count). The molecule has 0 saturated carbocycles. The van der Waals surface area contributed by atoms with Crippen LogP contribution < -0.4 is 0 Å². The number of aliphatic hydroxyl groups is 1. The Bertz CT molecular complexity index is 835. The van der Waals surface area contributed by atoms with E-state index >= 15 is 0 Å². The van der Waals surface area contributed by atoms with Crippen molar-refractivity contribution in [3.63, 3.8) is 0 Å². The zero-order valence-corrected chi connectivity index (χ0v) is 16.0. The van der Waals surface area contributed by atoms with Crippen LogP contribution in [-0.2, 0) is 37.2 Å². The van der Waals surface area contributed by atoms with Crippen LogP contribution in [0.5, 0.6) is 0 Å². The molecule has 0 saturated heterocycles. The standard InChI is InChI=1S/C9H5ClF6.C9H6F6O/c10-4-5-1-2-6(8(11,12)13)7(3-5)9(14,15)16;10-8(11,12)6-2-1-5(4-16)3-7(6)9(13,14)15/h1-3H,4H2;1-3,16H,4H2. The molecule has 0 unspecified atom stereocenters. The number of hydrogen-bond donors (Lipinski definition) is 1. The van der Waals surface area contributed by atoms with Crippen molar-refractivity contribution in [2.45, 2.75) is 37.2 Å². The molecule has 0 fully saturated rings. The first-order valence-electron chi connectivity index (χ1n) is 8.03. The highest BCUT2D eigenvalue weighted by Gasteiger charge is 2.44. The van der Waals surface area contributed by atoms with Crippen LogP contribution in [0.2, 0.25) is 0 Å². The number of rotatable bonds is 2. The van der Waals surface area contributed by atoms with Gasteiger partial charge in [0, 0.05) is 5.88 Å². The van der Waals surface area contributed by atoms with Crippen LogP contribution in [0.1, 0.15) is 33.4 Å². The SMILES string of the molecule is FC(F)(F)c1ccc(CCl)cc1C(F)(F)F.OCc1ccc(C(F)(F)F)c(C(F)(F)F)c1. The third kappa shape index (κ3) is 7.47. The van der Waals surface area contributed by atoms with Gasteiger partial charge in [-0.3, -0.25) is 0 Å². The summed E-state index contributed by atoms with van der Waals surface area (Å²) in [6.45, 7) is -0.749. The predicted molar refractivity (Wildman–Crippen MR) is 88.4 cm³/mol. The van der Waals surface area contributed by atoms with E-state index in [1.54, 1.807) is 0 Å². The topological polar surface area (TPSA) is 20.2 Å². The third-order valence-corrected chi connectivity index (χ3v) is 4.04. The summed E-state index contributed by atoms with van der Waals surface area (Å²) in [5, 5.41) is 8.57. The number of hydrogen-bond acceptors (Lipinski definition) is 1. The van der Waals surface area contributed by atoms with Gasteiger partial charge in [-0.25, -0.2) is 0 Å². The lowest BCUT2D eigenvalue weighted by Crippen LogP contribution is -2.16. The molecule has 0 aliphatic heterocycles. The smallest absolute Gasteiger partial charge is 0.392 e. The van der Waals surface area contributed by atoms with Gasteiger partial charge < -0.3 is 5.11 Å². The Morgan fingerprint density at radius 1 is 0.531 bits per heavy atom. The van der Waals surface area contributed by atoms with E-state index in [0.29, 0.717) is 24.3 Å². The van der Waals surface area contributed by atoms with Gasteiger partial charge in [0.2, 0.25) is 0 Å². The zero-order chi connectivity index (χ0) is 25.1. The lowest BCUT2D eigenvalue weighted by Gasteiger charge is -2.16. The van der Waals surface area contributed by atoms with E-state index < -0.39 is 53.6 Å². The van der Waals surface area contributed by atoms with Crippen LogP contribution in [0.25, 0.3) is 0 Å². The first-order valence-corrected chi connectivity index (χ1v) is 8.57. The lowest BCUT2D eigenvalue weighted by atomic mass is 10.0. The van der Waals surface area contributed by atoms with Gasteiger partial charge >= 0.3 is 24.7 Å². The van der Waals surface area contributed by atoms with Gasteiger partial charge in [0.1, 0.15) is 0 Å². The molecule has 0 aliphatic rings. The molecule has 1 nitrogen and oxygen atoms in total. The average molecular weight is 507 g/mol. The van der Waals surface area contributed by atoms with Gasteiger partial charge in [0.05, 0.1) is 28.9 Å². The summed E-state index contributed by atoms with van der Waals surface area (Å²) in [5.41, 5.74) is -7.18. The maximum atomic E-state index is 12.4. The fourth-order valence-electron chi connectivity index (χ4n) is 2.33. The van der Waals surface area contributed by atoms with Gasteiger partial charge in [-0.2, -0.15) is 52.7 Å². The monoisotopic (exact) mass is 506 g/mol. The minimum atomic E-state index is -5.10. The molecule has 0 radical (unpaired) electrons. The van der Waals surface area contributed by atoms with E-state index in [-0.39, 0.29) is 17.0 Å². The molecule has 0 heterocycles. The molecule has 0 bridgehead atoms. The highest BCUT2D eigenvalue weighted by molar-refractivity contribution is 6.17. The van der Waals surface area contributed by atoms with Gasteiger partial charge in [0.25, 0.3) is 0 Å². The maximum absolute atomic E-state index is 12.4. The quantitative estimate of drug-likeness (QED) is 0.327. The number of alkyl halides is 13. The highest BCUT2D eigenvalue weighted by Crippen LogP contribution is 2.41. The molecule has 0 atom stereocenters. The van der Waals surface area contributed by atoms with Crippen LogP contribution in [0.3, 0.4) is 0 Å². The second-order valence-corrected chi connectivity index (χ2v) is 6.31. The van der Waals surface area contributed by atoms with Crippen molar-refractivity contribution in [3.8, 4) is 0 Å². The Morgan fingerprint density at radius 3 is 1.12 bits per heavy atom. The van der Waals surface area contributed by atoms with Crippen molar-refractivity contribution in [3.05, 3.63) is 69.8 Å². The predicted octanol–water partition coefficient (Wildman–Crippen LogP) is 7.68. The van der Waals surface area contributed by atoms with Gasteiger partial charge in [-0.1, -0.05) is 12.1 Å². The molecular weight excluding hydrogens is 496 g/mol. The van der Waals surface area contributed by atoms with E-state index in [0.717, 1.165) is 12.1 Å². The summed E-state index contributed by atoms with van der Waals surface area (Å²) in [6.07, 6.45) is -20.3. The molecule has 1 N–H and O–H groups in total. The van der Waals surface area contributed by atoms with Gasteiger partial charge in [-0.05, 0) is 35.4 Å². The first-order chi connectivity index (χ1) is 14.3. The summed E-state index contributed by atoms with van der Waals surface area (Å²) >= 11 is 5.27. The molecule has 0 aliphatic carbocycles. The average Bonchev–Trinajstić information content (AvgIpc) is 2.64. The minimum absolute atomic E-state index is 0.0120. The second kappa shape index (κ2) is 9.77. The third-order valence-electron chi connectivity index (χ3n) is 3.73. The van der Waals surface area contributed by atoms with Crippen LogP contribution in [0.15, 0.2) is 36.4 Å². The normalized spacial score (nSPS) is 12.9. The number of halogens is 13. The van der Waals surface area contributed by atoms with Gasteiger partial charge in [0.15, 0.2) is 0 Å². The van der Waals surface area contributed by atoms with Crippen molar-refractivity contribution in [2.24, 2.45) is 0 Å². The summed E-state index contributed by atoms with van der Waals surface area (Å²) < 4.78 is 148. The molecule has 2 aromatic carbocycles. The van der Waals surface area contributed by atoms with Crippen molar-refractivity contribution < 1.29 is 57.8 Å². The first kappa shape index (κ1) is 27.9. The largest absolute Gasteiger partial charge is 0.417 e. The van der Waals surface area contributed by atoms with Crippen LogP contribution in [0.4, 0.5) is 52.7 Å². The van der Waals surface area contributed by atoms with Crippen LogP contribution in [-0.4, -0.2) is 5.11 Å². The second-order valence-electron chi connectivity index (χ2n) is 6.04. The minimum Gasteiger partial charge on any atom is -0.392 e. The highest BCUT2D eigenvalue weighted by atomic mass is 35.5. The number of benzene rings is 2. The van der Waals surface area contributed by atoms with E-state index in [1.165, 1.54) is 0 Å². The molecule has 14 heteroatoms. The molecule has 0 amide bonds. The molecule has 180 valence electrons. The van der Waals surface area contributed by atoms with E-state index in [2.05, 4.69) is 0 Å². The molecule has 0 aromatic heterocycles. The Balaban J connectivity index is 0.000000320. The van der Waals surface area contributed by atoms with E-state index in [1.807, 2.05) is 0 Å². The molecule has 32 heavy (non-hydrogen) atoms. The summed E-state index contributed by atoms with van der Waals surface area (Å²) in [7, 11) is 0. The Kier molecular flexibility index (Phi) is 8.52. The molecule has 0 spiro atoms. The van der Waals surface area contributed by atoms with Crippen molar-refractivity contribution in [2.75, 3.05) is 0 Å². The fourth-order valence-corrected chi connectivity index (χ4v) is 2.49. The molecule has 2 aromatic rings. The Hall–Kier alpha value is -2.15. The summed E-state index contributed by atoms with van der Waals surface area (Å²) in [5.74, 6) is -0.277. The fraction of sp³-hybridized carbons (Fsp3) is 0.333. The van der Waals surface area contributed by atoms with Crippen molar-refractivity contribution >= 4 is 11.6 Å². The molecular formula is C18H11ClF12O. The summed E-state index contributed by atoms with van der Waals surface area (Å²) in [6, 6.07) is 3.14. The van der Waals surface area contributed by atoms with Crippen LogP contribution >= 0.6 is 11.6 Å². The summed E-state index contributed by atoms with van der Waals surface area (Å²) in [4.78, 5) is 0. The lowest BCUT2D eigenvalue weighted by molar-refractivity contribution is -0.162. The maximum Gasteiger partial charge on any atom is 0.417 e. The van der Waals surface area contributed by atoms with Crippen molar-refractivity contribution in [1.29, 1.82) is 0 Å². The van der Waals surface area contributed by atoms with Gasteiger partial charge in [-0.15, -0.1) is 11.6 Å². The van der Waals surface area contributed by atoms with Crippen LogP contribution in [0, 0.1) is 0 Å². The Morgan fingerprint density at radius 2 is 0.844 bits per heavy atom. The number of aliphatic hydroxyl groups excluding tert-OH is 1. The zero-order valence-electron chi connectivity index (χ0n) is 15.2. The van der Waals surface area contributed by atoms with Crippen molar-refractivity contribution in [1.82, 2.24) is 0 Å². The Labute approximate surface area is 177 Å². The van der Waals surface area contributed by atoms with E-state index in [9.17, 15) is 52.7 Å². The van der Waals surface area contributed by atoms with E-state index in [4.69, 9.17) is 16.7 Å².